The topological polar surface area (TPSA) is 81.2 Å². The van der Waals surface area contributed by atoms with Crippen LogP contribution in [-0.2, 0) is 11.3 Å². The van der Waals surface area contributed by atoms with Gasteiger partial charge in [0, 0.05) is 30.8 Å². The van der Waals surface area contributed by atoms with Crippen molar-refractivity contribution < 1.29 is 14.0 Å². The number of aromatic nitrogens is 3. The number of carbonyl (C=O) groups is 2. The Bertz CT molecular complexity index is 1100. The molecule has 1 fully saturated rings. The third-order valence-electron chi connectivity index (χ3n) is 5.01. The number of amides is 1. The lowest BCUT2D eigenvalue weighted by molar-refractivity contribution is -0.117. The molecule has 0 saturated carbocycles. The summed E-state index contributed by atoms with van der Waals surface area (Å²) < 4.78 is 7.30. The van der Waals surface area contributed by atoms with Gasteiger partial charge in [0.25, 0.3) is 0 Å². The van der Waals surface area contributed by atoms with Crippen molar-refractivity contribution in [2.24, 2.45) is 0 Å². The molecule has 0 spiro atoms. The third-order valence-corrected chi connectivity index (χ3v) is 5.98. The van der Waals surface area contributed by atoms with E-state index < -0.39 is 0 Å². The molecule has 3 aromatic rings. The monoisotopic (exact) mass is 422 g/mol. The van der Waals surface area contributed by atoms with Crippen molar-refractivity contribution in [3.63, 3.8) is 0 Å². The van der Waals surface area contributed by atoms with E-state index in [1.807, 2.05) is 29.7 Å². The lowest BCUT2D eigenvalue weighted by Crippen LogP contribution is -2.23. The molecular weight excluding hydrogens is 400 g/mol. The Morgan fingerprint density at radius 2 is 2.20 bits per heavy atom. The second-order valence-corrected chi connectivity index (χ2v) is 7.95. The van der Waals surface area contributed by atoms with E-state index in [2.05, 4.69) is 16.8 Å². The fourth-order valence-corrected chi connectivity index (χ4v) is 4.33. The maximum Gasteiger partial charge on any atom is 0.227 e. The Morgan fingerprint density at radius 3 is 2.90 bits per heavy atom. The van der Waals surface area contributed by atoms with E-state index in [1.165, 1.54) is 11.8 Å². The minimum atomic E-state index is -0.0253. The number of benzene rings is 1. The molecule has 3 heterocycles. The molecule has 0 aliphatic carbocycles. The van der Waals surface area contributed by atoms with Crippen molar-refractivity contribution in [2.45, 2.75) is 31.5 Å². The highest BCUT2D eigenvalue weighted by molar-refractivity contribution is 7.99. The summed E-state index contributed by atoms with van der Waals surface area (Å²) in [5, 5.41) is 9.20. The number of carbonyl (C=O) groups excluding carboxylic acids is 2. The zero-order valence-electron chi connectivity index (χ0n) is 16.7. The van der Waals surface area contributed by atoms with Gasteiger partial charge in [0.05, 0.1) is 17.6 Å². The van der Waals surface area contributed by atoms with Crippen molar-refractivity contribution in [1.82, 2.24) is 14.8 Å². The maximum atomic E-state index is 12.8. The molecule has 0 bridgehead atoms. The molecule has 1 amide bonds. The van der Waals surface area contributed by atoms with Crippen LogP contribution in [-0.4, -0.2) is 38.8 Å². The number of anilines is 1. The maximum absolute atomic E-state index is 12.8. The minimum Gasteiger partial charge on any atom is -0.469 e. The van der Waals surface area contributed by atoms with Crippen molar-refractivity contribution in [1.29, 1.82) is 0 Å². The number of allylic oxidation sites excluding steroid dienone is 1. The highest BCUT2D eigenvalue weighted by Gasteiger charge is 2.23. The Balaban J connectivity index is 1.50. The highest BCUT2D eigenvalue weighted by atomic mass is 32.2. The first-order chi connectivity index (χ1) is 14.6. The molecule has 2 aromatic heterocycles. The number of hydrogen-bond acceptors (Lipinski definition) is 6. The molecule has 0 atom stereocenters. The smallest absolute Gasteiger partial charge is 0.227 e. The van der Waals surface area contributed by atoms with Gasteiger partial charge < -0.3 is 9.32 Å². The van der Waals surface area contributed by atoms with Crippen molar-refractivity contribution >= 4 is 29.1 Å². The van der Waals surface area contributed by atoms with Crippen LogP contribution in [0.2, 0.25) is 0 Å². The zero-order chi connectivity index (χ0) is 21.1. The predicted molar refractivity (Wildman–Crippen MR) is 116 cm³/mol. The Labute approximate surface area is 178 Å². The standard InChI is InChI=1S/C22H22N4O3S/c1-3-10-26-21(18-9-12-29-15(18)2)23-24-22(26)30-14-19(27)16-6-4-7-17(13-16)25-11-5-8-20(25)28/h3-4,6-7,9,12-13H,1,5,8,10-11,14H2,2H3. The molecule has 0 unspecified atom stereocenters. The Hall–Kier alpha value is -3.13. The predicted octanol–water partition coefficient (Wildman–Crippen LogP) is 4.13. The molecular formula is C22H22N4O3S. The molecule has 1 aromatic carbocycles. The van der Waals surface area contributed by atoms with Crippen LogP contribution >= 0.6 is 11.8 Å². The van der Waals surface area contributed by atoms with Crippen molar-refractivity contribution in [3.05, 3.63) is 60.6 Å². The lowest BCUT2D eigenvalue weighted by Gasteiger charge is -2.16. The van der Waals surface area contributed by atoms with Gasteiger partial charge in [0.1, 0.15) is 5.76 Å². The number of furan rings is 1. The number of ketones is 1. The second kappa shape index (κ2) is 8.71. The van der Waals surface area contributed by atoms with Gasteiger partial charge in [-0.3, -0.25) is 14.2 Å². The van der Waals surface area contributed by atoms with E-state index in [4.69, 9.17) is 4.42 Å². The van der Waals surface area contributed by atoms with Crippen LogP contribution in [0, 0.1) is 6.92 Å². The van der Waals surface area contributed by atoms with Gasteiger partial charge in [0.15, 0.2) is 16.8 Å². The summed E-state index contributed by atoms with van der Waals surface area (Å²) in [4.78, 5) is 26.5. The van der Waals surface area contributed by atoms with Crippen LogP contribution < -0.4 is 4.90 Å². The summed E-state index contributed by atoms with van der Waals surface area (Å²) in [5.41, 5.74) is 2.23. The number of Topliss-reactive ketones (excluding diaryl/α,β-unsaturated/α-hetero) is 1. The van der Waals surface area contributed by atoms with Gasteiger partial charge in [-0.15, -0.1) is 16.8 Å². The molecule has 0 N–H and O–H groups in total. The van der Waals surface area contributed by atoms with Gasteiger partial charge in [-0.2, -0.15) is 0 Å². The molecule has 1 saturated heterocycles. The van der Waals surface area contributed by atoms with Crippen molar-refractivity contribution in [2.75, 3.05) is 17.2 Å². The third kappa shape index (κ3) is 3.95. The summed E-state index contributed by atoms with van der Waals surface area (Å²) in [6, 6.07) is 9.11. The Kier molecular flexibility index (Phi) is 5.85. The molecule has 1 aliphatic heterocycles. The molecule has 30 heavy (non-hydrogen) atoms. The van der Waals surface area contributed by atoms with E-state index in [0.29, 0.717) is 36.1 Å². The number of thioether (sulfide) groups is 1. The van der Waals surface area contributed by atoms with E-state index in [-0.39, 0.29) is 17.4 Å². The molecule has 7 nitrogen and oxygen atoms in total. The molecule has 4 rings (SSSR count). The first-order valence-electron chi connectivity index (χ1n) is 9.73. The molecule has 154 valence electrons. The first kappa shape index (κ1) is 20.2. The van der Waals surface area contributed by atoms with Gasteiger partial charge in [-0.1, -0.05) is 30.0 Å². The number of nitrogens with zero attached hydrogens (tertiary/aromatic N) is 4. The minimum absolute atomic E-state index is 0.0253. The number of rotatable bonds is 8. The average Bonchev–Trinajstić information content (AvgIpc) is 3.47. The quantitative estimate of drug-likeness (QED) is 0.308. The van der Waals surface area contributed by atoms with E-state index in [0.717, 1.165) is 23.4 Å². The van der Waals surface area contributed by atoms with Crippen LogP contribution in [0.1, 0.15) is 29.0 Å². The summed E-state index contributed by atoms with van der Waals surface area (Å²) in [6.45, 7) is 6.91. The van der Waals surface area contributed by atoms with E-state index >= 15 is 0 Å². The van der Waals surface area contributed by atoms with E-state index in [1.54, 1.807) is 29.4 Å². The van der Waals surface area contributed by atoms with E-state index in [9.17, 15) is 9.59 Å². The summed E-state index contributed by atoms with van der Waals surface area (Å²) >= 11 is 1.33. The normalized spacial score (nSPS) is 13.8. The second-order valence-electron chi connectivity index (χ2n) is 7.01. The Morgan fingerprint density at radius 1 is 1.33 bits per heavy atom. The first-order valence-corrected chi connectivity index (χ1v) is 10.7. The average molecular weight is 423 g/mol. The van der Waals surface area contributed by atoms with Gasteiger partial charge in [0.2, 0.25) is 5.91 Å². The summed E-state index contributed by atoms with van der Waals surface area (Å²) in [7, 11) is 0. The molecule has 8 heteroatoms. The fourth-order valence-electron chi connectivity index (χ4n) is 3.49. The highest BCUT2D eigenvalue weighted by Crippen LogP contribution is 2.28. The van der Waals surface area contributed by atoms with Crippen LogP contribution in [0.4, 0.5) is 5.69 Å². The largest absolute Gasteiger partial charge is 0.469 e. The van der Waals surface area contributed by atoms with Crippen LogP contribution in [0.25, 0.3) is 11.4 Å². The fraction of sp³-hybridized carbons (Fsp3) is 0.273. The molecule has 1 aliphatic rings. The SMILES string of the molecule is C=CCn1c(SCC(=O)c2cccc(N3CCCC3=O)c2)nnc1-c1ccoc1C. The summed E-state index contributed by atoms with van der Waals surface area (Å²) in [5.74, 6) is 1.74. The van der Waals surface area contributed by atoms with Gasteiger partial charge in [-0.25, -0.2) is 0 Å². The van der Waals surface area contributed by atoms with Crippen molar-refractivity contribution in [3.8, 4) is 11.4 Å². The summed E-state index contributed by atoms with van der Waals surface area (Å²) in [6.07, 6.45) is 4.80. The van der Waals surface area contributed by atoms with Crippen LogP contribution in [0.3, 0.4) is 0 Å². The number of aryl methyl sites for hydroxylation is 1. The van der Waals surface area contributed by atoms with Crippen LogP contribution in [0.5, 0.6) is 0 Å². The molecule has 0 radical (unpaired) electrons. The van der Waals surface area contributed by atoms with Gasteiger partial charge >= 0.3 is 0 Å². The van der Waals surface area contributed by atoms with Crippen LogP contribution in [0.15, 0.2) is 58.8 Å². The van der Waals surface area contributed by atoms with Gasteiger partial charge in [-0.05, 0) is 31.5 Å². The number of hydrogen-bond donors (Lipinski definition) is 0. The zero-order valence-corrected chi connectivity index (χ0v) is 17.5. The lowest BCUT2D eigenvalue weighted by atomic mass is 10.1.